The zero-order valence-corrected chi connectivity index (χ0v) is 12.9. The SMILES string of the molecule is COCc1ccc(CNc2ccc(OC(C)C)cc2)cc1. The summed E-state index contributed by atoms with van der Waals surface area (Å²) in [6.45, 7) is 5.52. The van der Waals surface area contributed by atoms with Gasteiger partial charge < -0.3 is 14.8 Å². The first-order chi connectivity index (χ1) is 10.2. The van der Waals surface area contributed by atoms with Gasteiger partial charge in [0, 0.05) is 19.3 Å². The van der Waals surface area contributed by atoms with Gasteiger partial charge in [0.15, 0.2) is 0 Å². The van der Waals surface area contributed by atoms with E-state index in [-0.39, 0.29) is 6.10 Å². The average Bonchev–Trinajstić information content (AvgIpc) is 2.48. The summed E-state index contributed by atoms with van der Waals surface area (Å²) in [5.41, 5.74) is 3.53. The Hall–Kier alpha value is -2.00. The molecule has 0 aliphatic heterocycles. The molecule has 0 amide bonds. The van der Waals surface area contributed by atoms with Gasteiger partial charge >= 0.3 is 0 Å². The minimum Gasteiger partial charge on any atom is -0.491 e. The van der Waals surface area contributed by atoms with E-state index >= 15 is 0 Å². The quantitative estimate of drug-likeness (QED) is 0.825. The van der Waals surface area contributed by atoms with Gasteiger partial charge in [0.05, 0.1) is 12.7 Å². The van der Waals surface area contributed by atoms with Crippen LogP contribution in [0.15, 0.2) is 48.5 Å². The van der Waals surface area contributed by atoms with Crippen LogP contribution in [-0.4, -0.2) is 13.2 Å². The molecule has 21 heavy (non-hydrogen) atoms. The highest BCUT2D eigenvalue weighted by Crippen LogP contribution is 2.17. The molecule has 0 saturated heterocycles. The van der Waals surface area contributed by atoms with Gasteiger partial charge in [-0.1, -0.05) is 24.3 Å². The molecule has 1 N–H and O–H groups in total. The maximum Gasteiger partial charge on any atom is 0.119 e. The lowest BCUT2D eigenvalue weighted by Gasteiger charge is -2.11. The number of nitrogens with one attached hydrogen (secondary N) is 1. The van der Waals surface area contributed by atoms with E-state index in [1.165, 1.54) is 11.1 Å². The highest BCUT2D eigenvalue weighted by atomic mass is 16.5. The van der Waals surface area contributed by atoms with Gasteiger partial charge in [-0.3, -0.25) is 0 Å². The summed E-state index contributed by atoms with van der Waals surface area (Å²) in [6, 6.07) is 16.5. The number of ether oxygens (including phenoxy) is 2. The zero-order chi connectivity index (χ0) is 15.1. The molecular formula is C18H23NO2. The van der Waals surface area contributed by atoms with Crippen molar-refractivity contribution in [3.63, 3.8) is 0 Å². The summed E-state index contributed by atoms with van der Waals surface area (Å²) in [5.74, 6) is 0.902. The van der Waals surface area contributed by atoms with E-state index in [2.05, 4.69) is 29.6 Å². The minimum absolute atomic E-state index is 0.203. The van der Waals surface area contributed by atoms with E-state index in [1.54, 1.807) is 7.11 Å². The third kappa shape index (κ3) is 5.12. The van der Waals surface area contributed by atoms with E-state index in [0.717, 1.165) is 18.0 Å². The van der Waals surface area contributed by atoms with E-state index in [9.17, 15) is 0 Å². The molecule has 0 aliphatic carbocycles. The molecule has 0 radical (unpaired) electrons. The lowest BCUT2D eigenvalue weighted by molar-refractivity contribution is 0.185. The highest BCUT2D eigenvalue weighted by Gasteiger charge is 1.99. The molecule has 0 saturated carbocycles. The summed E-state index contributed by atoms with van der Waals surface area (Å²) in [5, 5.41) is 3.41. The van der Waals surface area contributed by atoms with Crippen LogP contribution in [0.3, 0.4) is 0 Å². The molecule has 0 aromatic heterocycles. The van der Waals surface area contributed by atoms with Gasteiger partial charge in [-0.15, -0.1) is 0 Å². The molecular weight excluding hydrogens is 262 g/mol. The smallest absolute Gasteiger partial charge is 0.119 e. The van der Waals surface area contributed by atoms with Crippen molar-refractivity contribution in [1.29, 1.82) is 0 Å². The van der Waals surface area contributed by atoms with Crippen LogP contribution in [-0.2, 0) is 17.9 Å². The third-order valence-electron chi connectivity index (χ3n) is 3.06. The lowest BCUT2D eigenvalue weighted by Crippen LogP contribution is -2.05. The number of rotatable bonds is 7. The van der Waals surface area contributed by atoms with Crippen LogP contribution in [0.2, 0.25) is 0 Å². The first-order valence-corrected chi connectivity index (χ1v) is 7.24. The third-order valence-corrected chi connectivity index (χ3v) is 3.06. The van der Waals surface area contributed by atoms with Crippen LogP contribution in [0, 0.1) is 0 Å². The summed E-state index contributed by atoms with van der Waals surface area (Å²) in [4.78, 5) is 0. The molecule has 0 fully saturated rings. The van der Waals surface area contributed by atoms with Gasteiger partial charge in [-0.2, -0.15) is 0 Å². The van der Waals surface area contributed by atoms with Gasteiger partial charge in [-0.05, 0) is 49.2 Å². The van der Waals surface area contributed by atoms with Crippen molar-refractivity contribution in [3.05, 3.63) is 59.7 Å². The Morgan fingerprint density at radius 2 is 1.52 bits per heavy atom. The second-order valence-electron chi connectivity index (χ2n) is 5.29. The van der Waals surface area contributed by atoms with Crippen molar-refractivity contribution in [2.75, 3.05) is 12.4 Å². The van der Waals surface area contributed by atoms with Gasteiger partial charge in [0.1, 0.15) is 5.75 Å². The van der Waals surface area contributed by atoms with Crippen LogP contribution in [0.4, 0.5) is 5.69 Å². The number of hydrogen-bond donors (Lipinski definition) is 1. The molecule has 112 valence electrons. The Balaban J connectivity index is 1.87. The van der Waals surface area contributed by atoms with E-state index in [0.29, 0.717) is 6.61 Å². The summed E-state index contributed by atoms with van der Waals surface area (Å²) >= 11 is 0. The highest BCUT2D eigenvalue weighted by molar-refractivity contribution is 5.46. The van der Waals surface area contributed by atoms with Crippen molar-refractivity contribution in [3.8, 4) is 5.75 Å². The van der Waals surface area contributed by atoms with Crippen LogP contribution in [0.1, 0.15) is 25.0 Å². The number of benzene rings is 2. The minimum atomic E-state index is 0.203. The standard InChI is InChI=1S/C18H23NO2/c1-14(2)21-18-10-8-17(9-11-18)19-12-15-4-6-16(7-5-15)13-20-3/h4-11,14,19H,12-13H2,1-3H3. The molecule has 3 heteroatoms. The average molecular weight is 285 g/mol. The van der Waals surface area contributed by atoms with Gasteiger partial charge in [0.25, 0.3) is 0 Å². The van der Waals surface area contributed by atoms with Gasteiger partial charge in [-0.25, -0.2) is 0 Å². The number of anilines is 1. The predicted molar refractivity (Wildman–Crippen MR) is 86.7 cm³/mol. The van der Waals surface area contributed by atoms with E-state index < -0.39 is 0 Å². The van der Waals surface area contributed by atoms with Crippen molar-refractivity contribution in [2.45, 2.75) is 33.1 Å². The molecule has 0 aliphatic rings. The monoisotopic (exact) mass is 285 g/mol. The summed E-state index contributed by atoms with van der Waals surface area (Å²) in [6.07, 6.45) is 0.203. The Bertz CT molecular complexity index is 532. The normalized spacial score (nSPS) is 10.7. The molecule has 2 rings (SSSR count). The fourth-order valence-electron chi connectivity index (χ4n) is 2.05. The van der Waals surface area contributed by atoms with Gasteiger partial charge in [0.2, 0.25) is 0 Å². The van der Waals surface area contributed by atoms with Crippen molar-refractivity contribution < 1.29 is 9.47 Å². The first kappa shape index (κ1) is 15.4. The fourth-order valence-corrected chi connectivity index (χ4v) is 2.05. The van der Waals surface area contributed by atoms with E-state index in [4.69, 9.17) is 9.47 Å². The molecule has 0 heterocycles. The molecule has 2 aromatic carbocycles. The van der Waals surface area contributed by atoms with Crippen molar-refractivity contribution >= 4 is 5.69 Å². The van der Waals surface area contributed by atoms with Crippen molar-refractivity contribution in [2.24, 2.45) is 0 Å². The Kier molecular flexibility index (Phi) is 5.64. The zero-order valence-electron chi connectivity index (χ0n) is 12.9. The van der Waals surface area contributed by atoms with Crippen molar-refractivity contribution in [1.82, 2.24) is 0 Å². The Morgan fingerprint density at radius 3 is 2.10 bits per heavy atom. The fraction of sp³-hybridized carbons (Fsp3) is 0.333. The molecule has 3 nitrogen and oxygen atoms in total. The van der Waals surface area contributed by atoms with E-state index in [1.807, 2.05) is 38.1 Å². The summed E-state index contributed by atoms with van der Waals surface area (Å²) in [7, 11) is 1.71. The first-order valence-electron chi connectivity index (χ1n) is 7.24. The second kappa shape index (κ2) is 7.70. The molecule has 0 atom stereocenters. The second-order valence-corrected chi connectivity index (χ2v) is 5.29. The Morgan fingerprint density at radius 1 is 0.905 bits per heavy atom. The molecule has 0 unspecified atom stereocenters. The largest absolute Gasteiger partial charge is 0.491 e. The maximum absolute atomic E-state index is 5.63. The maximum atomic E-state index is 5.63. The topological polar surface area (TPSA) is 30.5 Å². The molecule has 0 bridgehead atoms. The predicted octanol–water partition coefficient (Wildman–Crippen LogP) is 4.23. The van der Waals surface area contributed by atoms with Crippen LogP contribution in [0.5, 0.6) is 5.75 Å². The summed E-state index contributed by atoms with van der Waals surface area (Å²) < 4.78 is 10.7. The molecule has 2 aromatic rings. The Labute approximate surface area is 126 Å². The lowest BCUT2D eigenvalue weighted by atomic mass is 10.1. The number of hydrogen-bond acceptors (Lipinski definition) is 3. The molecule has 0 spiro atoms. The number of methoxy groups -OCH3 is 1. The van der Waals surface area contributed by atoms with Crippen LogP contribution < -0.4 is 10.1 Å². The van der Waals surface area contributed by atoms with Crippen LogP contribution >= 0.6 is 0 Å². The van der Waals surface area contributed by atoms with Crippen LogP contribution in [0.25, 0.3) is 0 Å².